The van der Waals surface area contributed by atoms with E-state index in [0.29, 0.717) is 13.2 Å². The van der Waals surface area contributed by atoms with Gasteiger partial charge >= 0.3 is 0 Å². The van der Waals surface area contributed by atoms with Gasteiger partial charge in [0.2, 0.25) is 0 Å². The van der Waals surface area contributed by atoms with Gasteiger partial charge in [0.25, 0.3) is 0 Å². The third-order valence-electron chi connectivity index (χ3n) is 2.88. The summed E-state index contributed by atoms with van der Waals surface area (Å²) in [5.41, 5.74) is 8.44. The van der Waals surface area contributed by atoms with Crippen molar-refractivity contribution in [3.05, 3.63) is 52.5 Å². The van der Waals surface area contributed by atoms with Crippen LogP contribution in [0, 0.1) is 0 Å². The van der Waals surface area contributed by atoms with E-state index < -0.39 is 0 Å². The van der Waals surface area contributed by atoms with Gasteiger partial charge in [-0.25, -0.2) is 5.43 Å². The maximum absolute atomic E-state index is 5.58. The first kappa shape index (κ1) is 15.7. The van der Waals surface area contributed by atoms with E-state index in [4.69, 9.17) is 9.47 Å². The van der Waals surface area contributed by atoms with Crippen molar-refractivity contribution < 1.29 is 9.47 Å². The maximum atomic E-state index is 5.58. The van der Waals surface area contributed by atoms with Gasteiger partial charge in [0, 0.05) is 12.2 Å². The number of para-hydroxylation sites is 1. The molecule has 2 aromatic carbocycles. The summed E-state index contributed by atoms with van der Waals surface area (Å²) in [6, 6.07) is 14.0. The molecule has 4 nitrogen and oxygen atoms in total. The molecule has 112 valence electrons. The average molecular weight is 351 g/mol. The number of methoxy groups -OCH3 is 1. The van der Waals surface area contributed by atoms with Crippen molar-refractivity contribution in [3.63, 3.8) is 0 Å². The number of hydrogen-bond donors (Lipinski definition) is 2. The molecule has 21 heavy (non-hydrogen) atoms. The van der Waals surface area contributed by atoms with Crippen LogP contribution in [0.15, 0.2) is 46.9 Å². The molecule has 0 aliphatic carbocycles. The number of hydrazine groups is 1. The van der Waals surface area contributed by atoms with Crippen molar-refractivity contribution in [2.45, 2.75) is 13.5 Å². The number of hydrogen-bond acceptors (Lipinski definition) is 4. The molecule has 0 saturated carbocycles. The highest BCUT2D eigenvalue weighted by Crippen LogP contribution is 2.36. The van der Waals surface area contributed by atoms with E-state index in [1.807, 2.05) is 49.4 Å². The third-order valence-corrected chi connectivity index (χ3v) is 3.47. The fraction of sp³-hybridized carbons (Fsp3) is 0.250. The Labute approximate surface area is 133 Å². The number of ether oxygens (including phenoxy) is 2. The van der Waals surface area contributed by atoms with Crippen LogP contribution in [0.2, 0.25) is 0 Å². The summed E-state index contributed by atoms with van der Waals surface area (Å²) in [4.78, 5) is 0. The van der Waals surface area contributed by atoms with Crippen LogP contribution in [0.5, 0.6) is 11.5 Å². The van der Waals surface area contributed by atoms with Crippen LogP contribution in [0.4, 0.5) is 5.69 Å². The van der Waals surface area contributed by atoms with Gasteiger partial charge in [-0.2, -0.15) is 0 Å². The van der Waals surface area contributed by atoms with Crippen LogP contribution in [0.1, 0.15) is 12.5 Å². The van der Waals surface area contributed by atoms with Crippen LogP contribution in [0.3, 0.4) is 0 Å². The third kappa shape index (κ3) is 4.37. The Hall–Kier alpha value is -1.72. The Morgan fingerprint density at radius 1 is 1.14 bits per heavy atom. The molecule has 0 radical (unpaired) electrons. The fourth-order valence-corrected chi connectivity index (χ4v) is 2.53. The van der Waals surface area contributed by atoms with Crippen molar-refractivity contribution in [2.75, 3.05) is 19.1 Å². The summed E-state index contributed by atoms with van der Waals surface area (Å²) >= 11 is 3.52. The first-order chi connectivity index (χ1) is 10.2. The second-order valence-electron chi connectivity index (χ2n) is 4.39. The van der Waals surface area contributed by atoms with Gasteiger partial charge in [-0.15, -0.1) is 0 Å². The molecule has 0 bridgehead atoms. The Morgan fingerprint density at radius 2 is 1.90 bits per heavy atom. The largest absolute Gasteiger partial charge is 0.493 e. The Kier molecular flexibility index (Phi) is 5.90. The second kappa shape index (κ2) is 7.90. The predicted molar refractivity (Wildman–Crippen MR) is 88.8 cm³/mol. The molecule has 2 rings (SSSR count). The van der Waals surface area contributed by atoms with Gasteiger partial charge < -0.3 is 14.9 Å². The summed E-state index contributed by atoms with van der Waals surface area (Å²) < 4.78 is 11.8. The van der Waals surface area contributed by atoms with Crippen molar-refractivity contribution in [3.8, 4) is 11.5 Å². The lowest BCUT2D eigenvalue weighted by Gasteiger charge is -2.14. The smallest absolute Gasteiger partial charge is 0.175 e. The van der Waals surface area contributed by atoms with Crippen molar-refractivity contribution in [1.29, 1.82) is 0 Å². The SMILES string of the molecule is CCOc1c(Br)cc(CNNc2ccccc2)cc1OC. The zero-order valence-corrected chi connectivity index (χ0v) is 13.7. The monoisotopic (exact) mass is 350 g/mol. The van der Waals surface area contributed by atoms with E-state index in [-0.39, 0.29) is 0 Å². The minimum atomic E-state index is 0.599. The first-order valence-corrected chi connectivity index (χ1v) is 7.57. The van der Waals surface area contributed by atoms with Crippen molar-refractivity contribution in [1.82, 2.24) is 5.43 Å². The lowest BCUT2D eigenvalue weighted by molar-refractivity contribution is 0.308. The molecule has 0 aliphatic rings. The van der Waals surface area contributed by atoms with Crippen LogP contribution in [0.25, 0.3) is 0 Å². The molecule has 0 aromatic heterocycles. The molecule has 0 unspecified atom stereocenters. The Bertz CT molecular complexity index is 576. The minimum Gasteiger partial charge on any atom is -0.493 e. The van der Waals surface area contributed by atoms with Crippen LogP contribution >= 0.6 is 15.9 Å². The molecule has 5 heteroatoms. The van der Waals surface area contributed by atoms with E-state index in [1.165, 1.54) is 0 Å². The molecule has 0 aliphatic heterocycles. The van der Waals surface area contributed by atoms with Crippen LogP contribution in [-0.4, -0.2) is 13.7 Å². The van der Waals surface area contributed by atoms with E-state index in [9.17, 15) is 0 Å². The molecule has 0 atom stereocenters. The molecule has 0 saturated heterocycles. The van der Waals surface area contributed by atoms with Crippen LogP contribution < -0.4 is 20.3 Å². The maximum Gasteiger partial charge on any atom is 0.175 e. The highest BCUT2D eigenvalue weighted by atomic mass is 79.9. The average Bonchev–Trinajstić information content (AvgIpc) is 2.51. The molecule has 0 amide bonds. The number of benzene rings is 2. The van der Waals surface area contributed by atoms with Gasteiger partial charge in [0.15, 0.2) is 11.5 Å². The highest BCUT2D eigenvalue weighted by molar-refractivity contribution is 9.10. The summed E-state index contributed by atoms with van der Waals surface area (Å²) in [5.74, 6) is 1.46. The summed E-state index contributed by atoms with van der Waals surface area (Å²) in [6.07, 6.45) is 0. The Morgan fingerprint density at radius 3 is 2.57 bits per heavy atom. The lowest BCUT2D eigenvalue weighted by atomic mass is 10.2. The molecule has 0 spiro atoms. The number of rotatable bonds is 7. The summed E-state index contributed by atoms with van der Waals surface area (Å²) in [6.45, 7) is 3.21. The predicted octanol–water partition coefficient (Wildman–Crippen LogP) is 3.97. The van der Waals surface area contributed by atoms with Gasteiger partial charge in [-0.1, -0.05) is 18.2 Å². The van der Waals surface area contributed by atoms with E-state index in [0.717, 1.165) is 27.2 Å². The summed E-state index contributed by atoms with van der Waals surface area (Å²) in [7, 11) is 1.64. The molecular weight excluding hydrogens is 332 g/mol. The number of anilines is 1. The second-order valence-corrected chi connectivity index (χ2v) is 5.24. The highest BCUT2D eigenvalue weighted by Gasteiger charge is 2.11. The molecule has 0 heterocycles. The molecule has 2 aromatic rings. The van der Waals surface area contributed by atoms with Crippen molar-refractivity contribution in [2.24, 2.45) is 0 Å². The minimum absolute atomic E-state index is 0.599. The van der Waals surface area contributed by atoms with Crippen LogP contribution in [-0.2, 0) is 6.54 Å². The quantitative estimate of drug-likeness (QED) is 0.741. The topological polar surface area (TPSA) is 42.5 Å². The van der Waals surface area contributed by atoms with Gasteiger partial charge in [-0.05, 0) is 52.7 Å². The lowest BCUT2D eigenvalue weighted by Crippen LogP contribution is -2.20. The molecular formula is C16H19BrN2O2. The number of nitrogens with one attached hydrogen (secondary N) is 2. The van der Waals surface area contributed by atoms with E-state index >= 15 is 0 Å². The zero-order chi connectivity index (χ0) is 15.1. The summed E-state index contributed by atoms with van der Waals surface area (Å²) in [5, 5.41) is 0. The van der Waals surface area contributed by atoms with Gasteiger partial charge in [0.05, 0.1) is 18.2 Å². The first-order valence-electron chi connectivity index (χ1n) is 6.77. The zero-order valence-electron chi connectivity index (χ0n) is 12.2. The van der Waals surface area contributed by atoms with Gasteiger partial charge in [-0.3, -0.25) is 0 Å². The van der Waals surface area contributed by atoms with Gasteiger partial charge in [0.1, 0.15) is 0 Å². The molecule has 0 fully saturated rings. The Balaban J connectivity index is 2.02. The molecule has 2 N–H and O–H groups in total. The standard InChI is InChI=1S/C16H19BrN2O2/c1-3-21-16-14(17)9-12(10-15(16)20-2)11-18-19-13-7-5-4-6-8-13/h4-10,18-19H,3,11H2,1-2H3. The number of halogens is 1. The van der Waals surface area contributed by atoms with E-state index in [1.54, 1.807) is 7.11 Å². The fourth-order valence-electron chi connectivity index (χ4n) is 1.93. The normalized spacial score (nSPS) is 10.2. The van der Waals surface area contributed by atoms with E-state index in [2.05, 4.69) is 26.8 Å². The van der Waals surface area contributed by atoms with Crippen molar-refractivity contribution >= 4 is 21.6 Å².